The van der Waals surface area contributed by atoms with Gasteiger partial charge in [0.05, 0.1) is 4.90 Å². The minimum Gasteiger partial charge on any atom is -0.354 e. The number of nitrogens with one attached hydrogen (secondary N) is 2. The van der Waals surface area contributed by atoms with Crippen LogP contribution in [0.3, 0.4) is 0 Å². The Bertz CT molecular complexity index is 803. The first-order valence-electron chi connectivity index (χ1n) is 8.76. The summed E-state index contributed by atoms with van der Waals surface area (Å²) in [6, 6.07) is 16.9. The second kappa shape index (κ2) is 9.50. The van der Waals surface area contributed by atoms with E-state index in [2.05, 4.69) is 22.2 Å². The molecule has 0 saturated heterocycles. The Morgan fingerprint density at radius 1 is 0.962 bits per heavy atom. The molecule has 0 saturated carbocycles. The molecule has 1 atom stereocenters. The molecule has 0 aromatic heterocycles. The van der Waals surface area contributed by atoms with E-state index in [4.69, 9.17) is 0 Å². The van der Waals surface area contributed by atoms with E-state index in [-0.39, 0.29) is 16.8 Å². The van der Waals surface area contributed by atoms with Crippen LogP contribution in [0.1, 0.15) is 30.9 Å². The summed E-state index contributed by atoms with van der Waals surface area (Å²) in [5, 5.41) is 3.02. The highest BCUT2D eigenvalue weighted by molar-refractivity contribution is 7.89. The predicted octanol–water partition coefficient (Wildman–Crippen LogP) is 2.66. The highest BCUT2D eigenvalue weighted by atomic mass is 32.2. The molecule has 6 heteroatoms. The summed E-state index contributed by atoms with van der Waals surface area (Å²) in [5.41, 5.74) is 2.21. The van der Waals surface area contributed by atoms with Gasteiger partial charge in [-0.2, -0.15) is 0 Å². The molecular formula is C20H26N2O3S. The number of hydrogen-bond acceptors (Lipinski definition) is 3. The van der Waals surface area contributed by atoms with Crippen LogP contribution in [0.5, 0.6) is 0 Å². The molecule has 140 valence electrons. The Morgan fingerprint density at radius 3 is 2.19 bits per heavy atom. The van der Waals surface area contributed by atoms with Crippen LogP contribution in [0.15, 0.2) is 59.5 Å². The maximum atomic E-state index is 12.1. The normalized spacial score (nSPS) is 12.5. The van der Waals surface area contributed by atoms with E-state index in [9.17, 15) is 13.2 Å². The Labute approximate surface area is 155 Å². The first kappa shape index (κ1) is 20.1. The molecule has 2 aromatic carbocycles. The van der Waals surface area contributed by atoms with Crippen molar-refractivity contribution in [3.63, 3.8) is 0 Å². The van der Waals surface area contributed by atoms with Crippen molar-refractivity contribution in [1.29, 1.82) is 0 Å². The second-order valence-electron chi connectivity index (χ2n) is 6.34. The fraction of sp³-hybridized carbons (Fsp3) is 0.350. The molecule has 0 radical (unpaired) electrons. The van der Waals surface area contributed by atoms with Gasteiger partial charge in [-0.25, -0.2) is 13.1 Å². The summed E-state index contributed by atoms with van der Waals surface area (Å²) in [7, 11) is -2.04. The molecule has 0 aliphatic heterocycles. The molecule has 0 aliphatic carbocycles. The van der Waals surface area contributed by atoms with Crippen molar-refractivity contribution in [2.45, 2.75) is 43.5 Å². The largest absolute Gasteiger partial charge is 0.354 e. The molecule has 5 nitrogen and oxygen atoms in total. The summed E-state index contributed by atoms with van der Waals surface area (Å²) < 4.78 is 25.7. The van der Waals surface area contributed by atoms with Gasteiger partial charge in [0, 0.05) is 12.5 Å². The smallest absolute Gasteiger partial charge is 0.240 e. The molecule has 1 unspecified atom stereocenters. The SMILES string of the molecule is CNS(=O)(=O)c1ccc(CCC(=O)NC(C)CCc2ccccc2)cc1. The first-order valence-corrected chi connectivity index (χ1v) is 10.2. The van der Waals surface area contributed by atoms with Crippen LogP contribution in [-0.2, 0) is 27.7 Å². The van der Waals surface area contributed by atoms with Crippen molar-refractivity contribution in [3.05, 3.63) is 65.7 Å². The van der Waals surface area contributed by atoms with Crippen molar-refractivity contribution in [1.82, 2.24) is 10.0 Å². The fourth-order valence-corrected chi connectivity index (χ4v) is 3.39. The van der Waals surface area contributed by atoms with Gasteiger partial charge in [-0.05, 0) is 56.5 Å². The summed E-state index contributed by atoms with van der Waals surface area (Å²) in [6.45, 7) is 2.01. The van der Waals surface area contributed by atoms with E-state index in [1.807, 2.05) is 25.1 Å². The monoisotopic (exact) mass is 374 g/mol. The fourth-order valence-electron chi connectivity index (χ4n) is 2.66. The summed E-state index contributed by atoms with van der Waals surface area (Å²) in [6.07, 6.45) is 2.79. The number of sulfonamides is 1. The molecule has 0 bridgehead atoms. The molecule has 0 fully saturated rings. The highest BCUT2D eigenvalue weighted by Gasteiger charge is 2.11. The van der Waals surface area contributed by atoms with Crippen molar-refractivity contribution in [2.75, 3.05) is 7.05 Å². The molecule has 0 heterocycles. The van der Waals surface area contributed by atoms with Crippen LogP contribution in [0.2, 0.25) is 0 Å². The van der Waals surface area contributed by atoms with Gasteiger partial charge in [0.15, 0.2) is 0 Å². The molecule has 1 amide bonds. The number of carbonyl (C=O) groups is 1. The number of benzene rings is 2. The van der Waals surface area contributed by atoms with Crippen molar-refractivity contribution < 1.29 is 13.2 Å². The Balaban J connectivity index is 1.76. The second-order valence-corrected chi connectivity index (χ2v) is 8.23. The van der Waals surface area contributed by atoms with E-state index in [0.717, 1.165) is 18.4 Å². The van der Waals surface area contributed by atoms with E-state index < -0.39 is 10.0 Å². The lowest BCUT2D eigenvalue weighted by Crippen LogP contribution is -2.33. The van der Waals surface area contributed by atoms with Gasteiger partial charge < -0.3 is 5.32 Å². The topological polar surface area (TPSA) is 75.3 Å². The predicted molar refractivity (Wildman–Crippen MR) is 103 cm³/mol. The quantitative estimate of drug-likeness (QED) is 0.709. The maximum Gasteiger partial charge on any atom is 0.240 e. The van der Waals surface area contributed by atoms with Gasteiger partial charge in [-0.1, -0.05) is 42.5 Å². The minimum absolute atomic E-state index is 0.0116. The summed E-state index contributed by atoms with van der Waals surface area (Å²) in [4.78, 5) is 12.3. The number of amides is 1. The Morgan fingerprint density at radius 2 is 1.58 bits per heavy atom. The van der Waals surface area contributed by atoms with E-state index >= 15 is 0 Å². The van der Waals surface area contributed by atoms with Crippen molar-refractivity contribution in [3.8, 4) is 0 Å². The van der Waals surface area contributed by atoms with Crippen LogP contribution in [0.4, 0.5) is 0 Å². The lowest BCUT2D eigenvalue weighted by Gasteiger charge is -2.14. The Kier molecular flexibility index (Phi) is 7.36. The molecule has 2 rings (SSSR count). The molecular weight excluding hydrogens is 348 g/mol. The van der Waals surface area contributed by atoms with Crippen LogP contribution >= 0.6 is 0 Å². The van der Waals surface area contributed by atoms with Crippen LogP contribution in [0, 0.1) is 0 Å². The van der Waals surface area contributed by atoms with Crippen molar-refractivity contribution >= 4 is 15.9 Å². The van der Waals surface area contributed by atoms with Gasteiger partial charge in [-0.3, -0.25) is 4.79 Å². The number of rotatable bonds is 9. The van der Waals surface area contributed by atoms with Gasteiger partial charge in [0.25, 0.3) is 0 Å². The van der Waals surface area contributed by atoms with Gasteiger partial charge in [0.2, 0.25) is 15.9 Å². The minimum atomic E-state index is -3.42. The van der Waals surface area contributed by atoms with Crippen LogP contribution in [-0.4, -0.2) is 27.4 Å². The highest BCUT2D eigenvalue weighted by Crippen LogP contribution is 2.12. The van der Waals surface area contributed by atoms with Crippen molar-refractivity contribution in [2.24, 2.45) is 0 Å². The van der Waals surface area contributed by atoms with Crippen LogP contribution < -0.4 is 10.0 Å². The molecule has 26 heavy (non-hydrogen) atoms. The number of carbonyl (C=O) groups excluding carboxylic acids is 1. The van der Waals surface area contributed by atoms with Gasteiger partial charge in [-0.15, -0.1) is 0 Å². The maximum absolute atomic E-state index is 12.1. The number of hydrogen-bond donors (Lipinski definition) is 2. The summed E-state index contributed by atoms with van der Waals surface area (Å²) in [5.74, 6) is 0.0116. The van der Waals surface area contributed by atoms with E-state index in [1.54, 1.807) is 24.3 Å². The zero-order valence-corrected chi connectivity index (χ0v) is 16.1. The lowest BCUT2D eigenvalue weighted by molar-refractivity contribution is -0.121. The molecule has 0 aliphatic rings. The lowest BCUT2D eigenvalue weighted by atomic mass is 10.1. The molecule has 2 aromatic rings. The zero-order valence-electron chi connectivity index (χ0n) is 15.2. The van der Waals surface area contributed by atoms with Crippen LogP contribution in [0.25, 0.3) is 0 Å². The van der Waals surface area contributed by atoms with Gasteiger partial charge >= 0.3 is 0 Å². The third-order valence-corrected chi connectivity index (χ3v) is 5.69. The third-order valence-electron chi connectivity index (χ3n) is 4.26. The first-order chi connectivity index (χ1) is 12.4. The summed E-state index contributed by atoms with van der Waals surface area (Å²) >= 11 is 0. The van der Waals surface area contributed by atoms with E-state index in [0.29, 0.717) is 12.8 Å². The van der Waals surface area contributed by atoms with E-state index in [1.165, 1.54) is 12.6 Å². The average molecular weight is 375 g/mol. The molecule has 0 spiro atoms. The van der Waals surface area contributed by atoms with Gasteiger partial charge in [0.1, 0.15) is 0 Å². The standard InChI is InChI=1S/C20H26N2O3S/c1-16(8-9-17-6-4-3-5-7-17)22-20(23)15-12-18-10-13-19(14-11-18)26(24,25)21-2/h3-7,10-11,13-14,16,21H,8-9,12,15H2,1-2H3,(H,22,23). The zero-order chi connectivity index (χ0) is 19.0. The Hall–Kier alpha value is -2.18. The average Bonchev–Trinajstić information content (AvgIpc) is 2.66. The third kappa shape index (κ3) is 6.28. The number of aryl methyl sites for hydroxylation is 2. The molecule has 2 N–H and O–H groups in total.